The summed E-state index contributed by atoms with van der Waals surface area (Å²) in [5, 5.41) is 6.11. The minimum Gasteiger partial charge on any atom is -0.497 e. The standard InChI is InChI=1S/C18H29N3O3/c1-19-7-4-5-18(22)20-12-14-6-8-21(13-14)15-9-16(23-2)11-17(10-15)24-3/h9-11,14,19H,4-8,12-13H2,1-3H3,(H,20,22). The number of hydrogen-bond acceptors (Lipinski definition) is 5. The molecule has 0 saturated carbocycles. The Morgan fingerprint density at radius 2 is 1.96 bits per heavy atom. The maximum absolute atomic E-state index is 11.8. The normalized spacial score (nSPS) is 17.0. The van der Waals surface area contributed by atoms with E-state index in [-0.39, 0.29) is 5.91 Å². The van der Waals surface area contributed by atoms with E-state index in [1.165, 1.54) is 0 Å². The van der Waals surface area contributed by atoms with Gasteiger partial charge in [-0.1, -0.05) is 0 Å². The molecule has 6 heteroatoms. The summed E-state index contributed by atoms with van der Waals surface area (Å²) in [4.78, 5) is 14.1. The van der Waals surface area contributed by atoms with Crippen molar-refractivity contribution >= 4 is 11.6 Å². The third-order valence-corrected chi connectivity index (χ3v) is 4.41. The number of anilines is 1. The van der Waals surface area contributed by atoms with Crippen molar-refractivity contribution < 1.29 is 14.3 Å². The molecule has 0 aromatic heterocycles. The summed E-state index contributed by atoms with van der Waals surface area (Å²) in [6, 6.07) is 5.94. The average molecular weight is 335 g/mol. The molecule has 1 aromatic carbocycles. The topological polar surface area (TPSA) is 62.8 Å². The molecular formula is C18H29N3O3. The van der Waals surface area contributed by atoms with E-state index in [2.05, 4.69) is 15.5 Å². The number of methoxy groups -OCH3 is 2. The monoisotopic (exact) mass is 335 g/mol. The molecule has 0 aliphatic carbocycles. The molecule has 1 aliphatic rings. The molecule has 1 fully saturated rings. The van der Waals surface area contributed by atoms with E-state index in [0.717, 1.165) is 56.2 Å². The highest BCUT2D eigenvalue weighted by Crippen LogP contribution is 2.31. The number of nitrogens with one attached hydrogen (secondary N) is 2. The van der Waals surface area contributed by atoms with Crippen LogP contribution in [-0.2, 0) is 4.79 Å². The molecule has 1 saturated heterocycles. The number of ether oxygens (including phenoxy) is 2. The van der Waals surface area contributed by atoms with Crippen molar-refractivity contribution in [2.24, 2.45) is 5.92 Å². The van der Waals surface area contributed by atoms with Gasteiger partial charge in [0.2, 0.25) is 5.91 Å². The molecule has 24 heavy (non-hydrogen) atoms. The van der Waals surface area contributed by atoms with Gasteiger partial charge in [0.15, 0.2) is 0 Å². The van der Waals surface area contributed by atoms with Crippen LogP contribution in [-0.4, -0.2) is 53.4 Å². The lowest BCUT2D eigenvalue weighted by Crippen LogP contribution is -2.31. The van der Waals surface area contributed by atoms with Crippen molar-refractivity contribution in [3.8, 4) is 11.5 Å². The Morgan fingerprint density at radius 3 is 2.58 bits per heavy atom. The zero-order chi connectivity index (χ0) is 17.4. The van der Waals surface area contributed by atoms with Crippen molar-refractivity contribution in [3.05, 3.63) is 18.2 Å². The largest absolute Gasteiger partial charge is 0.497 e. The summed E-state index contributed by atoms with van der Waals surface area (Å²) >= 11 is 0. The van der Waals surface area contributed by atoms with E-state index in [1.54, 1.807) is 14.2 Å². The lowest BCUT2D eigenvalue weighted by atomic mass is 10.1. The molecule has 6 nitrogen and oxygen atoms in total. The van der Waals surface area contributed by atoms with Gasteiger partial charge in [-0.05, 0) is 32.4 Å². The number of benzene rings is 1. The Hall–Kier alpha value is -1.95. The molecule has 1 atom stereocenters. The lowest BCUT2D eigenvalue weighted by Gasteiger charge is -2.20. The third kappa shape index (κ3) is 5.30. The van der Waals surface area contributed by atoms with Gasteiger partial charge in [-0.15, -0.1) is 0 Å². The number of carbonyl (C=O) groups excluding carboxylic acids is 1. The molecule has 0 bridgehead atoms. The fraction of sp³-hybridized carbons (Fsp3) is 0.611. The van der Waals surface area contributed by atoms with Crippen molar-refractivity contribution in [1.29, 1.82) is 0 Å². The Kier molecular flexibility index (Phi) is 7.18. The predicted molar refractivity (Wildman–Crippen MR) is 96.0 cm³/mol. The summed E-state index contributed by atoms with van der Waals surface area (Å²) in [5.41, 5.74) is 1.11. The van der Waals surface area contributed by atoms with Crippen LogP contribution in [0.4, 0.5) is 5.69 Å². The summed E-state index contributed by atoms with van der Waals surface area (Å²) in [6.07, 6.45) is 2.55. The van der Waals surface area contributed by atoms with Crippen molar-refractivity contribution in [1.82, 2.24) is 10.6 Å². The van der Waals surface area contributed by atoms with Gasteiger partial charge < -0.3 is 25.0 Å². The molecule has 134 valence electrons. The van der Waals surface area contributed by atoms with Crippen LogP contribution in [0.5, 0.6) is 11.5 Å². The molecule has 2 rings (SSSR count). The Labute approximate surface area is 144 Å². The van der Waals surface area contributed by atoms with E-state index >= 15 is 0 Å². The molecule has 1 aliphatic heterocycles. The molecule has 1 aromatic rings. The molecular weight excluding hydrogens is 306 g/mol. The fourth-order valence-corrected chi connectivity index (χ4v) is 2.98. The Bertz CT molecular complexity index is 514. The van der Waals surface area contributed by atoms with Gasteiger partial charge in [-0.3, -0.25) is 4.79 Å². The van der Waals surface area contributed by atoms with Gasteiger partial charge in [0.1, 0.15) is 11.5 Å². The molecule has 1 unspecified atom stereocenters. The smallest absolute Gasteiger partial charge is 0.220 e. The first-order valence-corrected chi connectivity index (χ1v) is 8.55. The number of amides is 1. The third-order valence-electron chi connectivity index (χ3n) is 4.41. The van der Waals surface area contributed by atoms with Crippen LogP contribution in [0.15, 0.2) is 18.2 Å². The average Bonchev–Trinajstić information content (AvgIpc) is 3.08. The van der Waals surface area contributed by atoms with Gasteiger partial charge in [-0.2, -0.15) is 0 Å². The van der Waals surface area contributed by atoms with Crippen LogP contribution < -0.4 is 25.0 Å². The van der Waals surface area contributed by atoms with Crippen LogP contribution in [0, 0.1) is 5.92 Å². The SMILES string of the molecule is CNCCCC(=O)NCC1CCN(c2cc(OC)cc(OC)c2)C1. The first-order chi connectivity index (χ1) is 11.7. The summed E-state index contributed by atoms with van der Waals surface area (Å²) in [7, 11) is 5.22. The van der Waals surface area contributed by atoms with Crippen LogP contribution in [0.2, 0.25) is 0 Å². The predicted octanol–water partition coefficient (Wildman–Crippen LogP) is 1.65. The van der Waals surface area contributed by atoms with E-state index in [9.17, 15) is 4.79 Å². The van der Waals surface area contributed by atoms with E-state index in [0.29, 0.717) is 12.3 Å². The second-order valence-electron chi connectivity index (χ2n) is 6.18. The quantitative estimate of drug-likeness (QED) is 0.672. The number of carbonyl (C=O) groups is 1. The zero-order valence-corrected chi connectivity index (χ0v) is 14.9. The van der Waals surface area contributed by atoms with Crippen LogP contribution >= 0.6 is 0 Å². The number of rotatable bonds is 9. The van der Waals surface area contributed by atoms with E-state index < -0.39 is 0 Å². The first kappa shape index (κ1) is 18.4. The summed E-state index contributed by atoms with van der Waals surface area (Å²) in [6.45, 7) is 3.54. The molecule has 2 N–H and O–H groups in total. The molecule has 1 amide bonds. The highest BCUT2D eigenvalue weighted by molar-refractivity contribution is 5.75. The fourth-order valence-electron chi connectivity index (χ4n) is 2.98. The van der Waals surface area contributed by atoms with Crippen LogP contribution in [0.3, 0.4) is 0 Å². The second-order valence-corrected chi connectivity index (χ2v) is 6.18. The Morgan fingerprint density at radius 1 is 1.25 bits per heavy atom. The van der Waals surface area contributed by atoms with Gasteiger partial charge in [-0.25, -0.2) is 0 Å². The van der Waals surface area contributed by atoms with Crippen molar-refractivity contribution in [2.75, 3.05) is 52.3 Å². The summed E-state index contributed by atoms with van der Waals surface area (Å²) < 4.78 is 10.7. The van der Waals surface area contributed by atoms with Gasteiger partial charge in [0, 0.05) is 49.9 Å². The van der Waals surface area contributed by atoms with Crippen LogP contribution in [0.1, 0.15) is 19.3 Å². The maximum Gasteiger partial charge on any atom is 0.220 e. The zero-order valence-electron chi connectivity index (χ0n) is 14.9. The van der Waals surface area contributed by atoms with Gasteiger partial charge in [0.05, 0.1) is 14.2 Å². The minimum atomic E-state index is 0.145. The molecule has 0 radical (unpaired) electrons. The van der Waals surface area contributed by atoms with Gasteiger partial charge >= 0.3 is 0 Å². The maximum atomic E-state index is 11.8. The number of nitrogens with zero attached hydrogens (tertiary/aromatic N) is 1. The van der Waals surface area contributed by atoms with E-state index in [1.807, 2.05) is 25.2 Å². The lowest BCUT2D eigenvalue weighted by molar-refractivity contribution is -0.121. The van der Waals surface area contributed by atoms with Crippen molar-refractivity contribution in [3.63, 3.8) is 0 Å². The second kappa shape index (κ2) is 9.37. The highest BCUT2D eigenvalue weighted by Gasteiger charge is 2.23. The molecule has 1 heterocycles. The Balaban J connectivity index is 1.83. The van der Waals surface area contributed by atoms with Crippen molar-refractivity contribution in [2.45, 2.75) is 19.3 Å². The van der Waals surface area contributed by atoms with Crippen LogP contribution in [0.25, 0.3) is 0 Å². The van der Waals surface area contributed by atoms with Gasteiger partial charge in [0.25, 0.3) is 0 Å². The first-order valence-electron chi connectivity index (χ1n) is 8.55. The summed E-state index contributed by atoms with van der Waals surface area (Å²) in [5.74, 6) is 2.22. The highest BCUT2D eigenvalue weighted by atomic mass is 16.5. The molecule has 0 spiro atoms. The minimum absolute atomic E-state index is 0.145. The van der Waals surface area contributed by atoms with E-state index in [4.69, 9.17) is 9.47 Å². The number of hydrogen-bond donors (Lipinski definition) is 2.